The van der Waals surface area contributed by atoms with Crippen LogP contribution in [0.25, 0.3) is 0 Å². The Morgan fingerprint density at radius 2 is 1.95 bits per heavy atom. The molecule has 2 fully saturated rings. The van der Waals surface area contributed by atoms with Crippen molar-refractivity contribution in [2.24, 2.45) is 17.3 Å². The first kappa shape index (κ1) is 15.3. The zero-order chi connectivity index (χ0) is 14.1. The third-order valence-electron chi connectivity index (χ3n) is 4.74. The smallest absolute Gasteiger partial charge is 0.0672 e. The molecule has 1 aliphatic heterocycles. The molecule has 2 unspecified atom stereocenters. The third-order valence-corrected chi connectivity index (χ3v) is 4.74. The molecule has 2 atom stereocenters. The van der Waals surface area contributed by atoms with Crippen molar-refractivity contribution in [3.63, 3.8) is 0 Å². The molecule has 0 radical (unpaired) electrons. The fraction of sp³-hybridized carbons (Fsp3) is 1.00. The van der Waals surface area contributed by atoms with Crippen LogP contribution in [0.3, 0.4) is 0 Å². The minimum atomic E-state index is 0.210. The highest BCUT2D eigenvalue weighted by Gasteiger charge is 2.50. The zero-order valence-corrected chi connectivity index (χ0v) is 13.6. The van der Waals surface area contributed by atoms with Gasteiger partial charge < -0.3 is 10.1 Å². The molecule has 1 aliphatic carbocycles. The molecule has 0 spiro atoms. The summed E-state index contributed by atoms with van der Waals surface area (Å²) < 4.78 is 6.15. The molecule has 1 saturated heterocycles. The summed E-state index contributed by atoms with van der Waals surface area (Å²) in [5, 5.41) is 3.76. The normalized spacial score (nSPS) is 32.2. The Bertz CT molecular complexity index is 290. The summed E-state index contributed by atoms with van der Waals surface area (Å²) in [5.74, 6) is 1.66. The first-order valence-electron chi connectivity index (χ1n) is 8.19. The van der Waals surface area contributed by atoms with Crippen molar-refractivity contribution in [2.75, 3.05) is 13.2 Å². The van der Waals surface area contributed by atoms with E-state index in [2.05, 4.69) is 39.9 Å². The van der Waals surface area contributed by atoms with Gasteiger partial charge in [0.1, 0.15) is 0 Å². The molecular weight excluding hydrogens is 234 g/mol. The van der Waals surface area contributed by atoms with E-state index < -0.39 is 0 Å². The average Bonchev–Trinajstić information content (AvgIpc) is 3.05. The molecule has 1 heterocycles. The highest BCUT2D eigenvalue weighted by atomic mass is 16.5. The van der Waals surface area contributed by atoms with Gasteiger partial charge >= 0.3 is 0 Å². The van der Waals surface area contributed by atoms with Gasteiger partial charge in [-0.15, -0.1) is 0 Å². The van der Waals surface area contributed by atoms with Crippen molar-refractivity contribution in [3.05, 3.63) is 0 Å². The first-order chi connectivity index (χ1) is 8.82. The van der Waals surface area contributed by atoms with Crippen molar-refractivity contribution in [2.45, 2.75) is 78.4 Å². The van der Waals surface area contributed by atoms with Gasteiger partial charge in [0.15, 0.2) is 0 Å². The number of rotatable bonds is 6. The summed E-state index contributed by atoms with van der Waals surface area (Å²) in [4.78, 5) is 0. The van der Waals surface area contributed by atoms with Crippen LogP contribution >= 0.6 is 0 Å². The molecule has 1 N–H and O–H groups in total. The predicted molar refractivity (Wildman–Crippen MR) is 81.3 cm³/mol. The van der Waals surface area contributed by atoms with Crippen LogP contribution in [0, 0.1) is 17.3 Å². The summed E-state index contributed by atoms with van der Waals surface area (Å²) in [6.45, 7) is 13.6. The minimum Gasteiger partial charge on any atom is -0.377 e. The Hall–Kier alpha value is -0.0800. The van der Waals surface area contributed by atoms with Gasteiger partial charge in [0.2, 0.25) is 0 Å². The molecular formula is C17H33NO. The van der Waals surface area contributed by atoms with Crippen LogP contribution in [0.15, 0.2) is 0 Å². The van der Waals surface area contributed by atoms with E-state index in [-0.39, 0.29) is 5.54 Å². The van der Waals surface area contributed by atoms with Crippen LogP contribution in [-0.2, 0) is 4.74 Å². The van der Waals surface area contributed by atoms with Crippen LogP contribution in [0.4, 0.5) is 0 Å². The lowest BCUT2D eigenvalue weighted by atomic mass is 9.73. The van der Waals surface area contributed by atoms with Crippen LogP contribution < -0.4 is 5.32 Å². The lowest BCUT2D eigenvalue weighted by Gasteiger charge is -2.38. The lowest BCUT2D eigenvalue weighted by Crippen LogP contribution is -2.48. The monoisotopic (exact) mass is 267 g/mol. The van der Waals surface area contributed by atoms with E-state index in [1.807, 2.05) is 0 Å². The molecule has 0 bridgehead atoms. The third kappa shape index (κ3) is 4.19. The Kier molecular flexibility index (Phi) is 4.62. The second-order valence-corrected chi connectivity index (χ2v) is 8.28. The van der Waals surface area contributed by atoms with E-state index >= 15 is 0 Å². The van der Waals surface area contributed by atoms with E-state index in [4.69, 9.17) is 4.74 Å². The largest absolute Gasteiger partial charge is 0.377 e. The minimum absolute atomic E-state index is 0.210. The fourth-order valence-electron chi connectivity index (χ4n) is 3.31. The number of hydrogen-bond donors (Lipinski definition) is 1. The quantitative estimate of drug-likeness (QED) is 0.785. The molecule has 19 heavy (non-hydrogen) atoms. The van der Waals surface area contributed by atoms with Gasteiger partial charge in [-0.1, -0.05) is 20.3 Å². The molecule has 0 amide bonds. The molecule has 1 saturated carbocycles. The van der Waals surface area contributed by atoms with Crippen molar-refractivity contribution in [3.8, 4) is 0 Å². The van der Waals surface area contributed by atoms with Gasteiger partial charge in [-0.05, 0) is 58.3 Å². The molecule has 2 heteroatoms. The van der Waals surface area contributed by atoms with Gasteiger partial charge in [-0.3, -0.25) is 0 Å². The Labute approximate surface area is 119 Å². The van der Waals surface area contributed by atoms with Gasteiger partial charge in [-0.2, -0.15) is 0 Å². The van der Waals surface area contributed by atoms with Gasteiger partial charge in [0.25, 0.3) is 0 Å². The Morgan fingerprint density at radius 1 is 1.26 bits per heavy atom. The maximum Gasteiger partial charge on any atom is 0.0672 e. The van der Waals surface area contributed by atoms with Crippen molar-refractivity contribution >= 4 is 0 Å². The van der Waals surface area contributed by atoms with Crippen molar-refractivity contribution in [1.82, 2.24) is 5.32 Å². The summed E-state index contributed by atoms with van der Waals surface area (Å²) in [6, 6.07) is 0. The number of nitrogens with one attached hydrogen (secondary N) is 1. The SMILES string of the molecule is CC(C)CCC1(CNC(C)(C)C)CCOC1C1CC1. The molecule has 2 nitrogen and oxygen atoms in total. The maximum atomic E-state index is 6.15. The summed E-state index contributed by atoms with van der Waals surface area (Å²) in [6.07, 6.45) is 7.23. The van der Waals surface area contributed by atoms with E-state index in [1.165, 1.54) is 32.1 Å². The number of ether oxygens (including phenoxy) is 1. The fourth-order valence-corrected chi connectivity index (χ4v) is 3.31. The standard InChI is InChI=1S/C17H33NO/c1-13(2)8-9-17(12-18-16(3,4)5)10-11-19-15(17)14-6-7-14/h13-15,18H,6-12H2,1-5H3. The maximum absolute atomic E-state index is 6.15. The predicted octanol–water partition coefficient (Wildman–Crippen LogP) is 4.00. The molecule has 2 aliphatic rings. The number of hydrogen-bond acceptors (Lipinski definition) is 2. The second-order valence-electron chi connectivity index (χ2n) is 8.28. The summed E-state index contributed by atoms with van der Waals surface area (Å²) in [7, 11) is 0. The van der Waals surface area contributed by atoms with Crippen molar-refractivity contribution in [1.29, 1.82) is 0 Å². The van der Waals surface area contributed by atoms with Gasteiger partial charge in [0, 0.05) is 24.1 Å². The summed E-state index contributed by atoms with van der Waals surface area (Å²) in [5.41, 5.74) is 0.611. The Balaban J connectivity index is 2.02. The van der Waals surface area contributed by atoms with Crippen LogP contribution in [-0.4, -0.2) is 24.8 Å². The molecule has 0 aromatic heterocycles. The lowest BCUT2D eigenvalue weighted by molar-refractivity contribution is 0.0214. The average molecular weight is 267 g/mol. The van der Waals surface area contributed by atoms with Gasteiger partial charge in [0.05, 0.1) is 6.10 Å². The zero-order valence-electron chi connectivity index (χ0n) is 13.6. The highest BCUT2D eigenvalue weighted by molar-refractivity contribution is 5.01. The van der Waals surface area contributed by atoms with E-state index in [0.717, 1.165) is 25.0 Å². The highest BCUT2D eigenvalue weighted by Crippen LogP contribution is 2.50. The van der Waals surface area contributed by atoms with Crippen molar-refractivity contribution < 1.29 is 4.74 Å². The van der Waals surface area contributed by atoms with Crippen LogP contribution in [0.5, 0.6) is 0 Å². The Morgan fingerprint density at radius 3 is 2.47 bits per heavy atom. The topological polar surface area (TPSA) is 21.3 Å². The van der Waals surface area contributed by atoms with Crippen LogP contribution in [0.2, 0.25) is 0 Å². The van der Waals surface area contributed by atoms with E-state index in [1.54, 1.807) is 0 Å². The van der Waals surface area contributed by atoms with Crippen LogP contribution in [0.1, 0.15) is 66.7 Å². The molecule has 0 aromatic rings. The molecule has 112 valence electrons. The van der Waals surface area contributed by atoms with E-state index in [9.17, 15) is 0 Å². The summed E-state index contributed by atoms with van der Waals surface area (Å²) >= 11 is 0. The molecule has 2 rings (SSSR count). The van der Waals surface area contributed by atoms with Gasteiger partial charge in [-0.25, -0.2) is 0 Å². The van der Waals surface area contributed by atoms with E-state index in [0.29, 0.717) is 11.5 Å². The first-order valence-corrected chi connectivity index (χ1v) is 8.19. The second kappa shape index (κ2) is 5.73. The molecule has 0 aromatic carbocycles.